The van der Waals surface area contributed by atoms with Crippen molar-refractivity contribution in [3.05, 3.63) is 49.2 Å². The molecule has 0 spiro atoms. The number of unbranched alkanes of at least 4 members (excludes halogenated alkanes) is 7. The Morgan fingerprint density at radius 2 is 1.42 bits per heavy atom. The van der Waals surface area contributed by atoms with Gasteiger partial charge in [0.15, 0.2) is 0 Å². The molecule has 0 aromatic carbocycles. The summed E-state index contributed by atoms with van der Waals surface area (Å²) < 4.78 is 0. The van der Waals surface area contributed by atoms with Crippen LogP contribution in [0.2, 0.25) is 0 Å². The maximum atomic E-state index is 4.63. The summed E-state index contributed by atoms with van der Waals surface area (Å²) in [6.45, 7) is 12.0. The Balaban J connectivity index is 4.54. The minimum absolute atomic E-state index is 0.355. The van der Waals surface area contributed by atoms with Gasteiger partial charge >= 0.3 is 0 Å². The first kappa shape index (κ1) is 22.6. The zero-order valence-electron chi connectivity index (χ0n) is 16.1. The highest BCUT2D eigenvalue weighted by Gasteiger charge is 2.07. The highest BCUT2D eigenvalue weighted by atomic mass is 15.1. The lowest BCUT2D eigenvalue weighted by atomic mass is 10.0. The summed E-state index contributed by atoms with van der Waals surface area (Å²) in [4.78, 5) is 0. The van der Waals surface area contributed by atoms with Crippen LogP contribution in [-0.2, 0) is 0 Å². The van der Waals surface area contributed by atoms with Crippen LogP contribution in [0.5, 0.6) is 0 Å². The fourth-order valence-electron chi connectivity index (χ4n) is 2.61. The van der Waals surface area contributed by atoms with E-state index in [1.54, 1.807) is 12.2 Å². The molecule has 1 unspecified atom stereocenters. The third-order valence-electron chi connectivity index (χ3n) is 4.06. The molecule has 2 nitrogen and oxygen atoms in total. The number of azo groups is 1. The number of allylic oxidation sites excluding steroid dienone is 5. The fraction of sp³-hybridized carbons (Fsp3) is 0.636. The van der Waals surface area contributed by atoms with Crippen LogP contribution >= 0.6 is 0 Å². The summed E-state index contributed by atoms with van der Waals surface area (Å²) in [7, 11) is 0. The van der Waals surface area contributed by atoms with Gasteiger partial charge in [0, 0.05) is 0 Å². The van der Waals surface area contributed by atoms with Crippen molar-refractivity contribution in [2.45, 2.75) is 90.5 Å². The summed E-state index contributed by atoms with van der Waals surface area (Å²) in [5.41, 5.74) is 0.842. The Morgan fingerprint density at radius 3 is 1.96 bits per heavy atom. The molecule has 0 saturated heterocycles. The zero-order valence-corrected chi connectivity index (χ0v) is 16.1. The van der Waals surface area contributed by atoms with E-state index in [9.17, 15) is 0 Å². The molecular weight excluding hydrogens is 292 g/mol. The van der Waals surface area contributed by atoms with E-state index < -0.39 is 0 Å². The number of hydrogen-bond acceptors (Lipinski definition) is 2. The van der Waals surface area contributed by atoms with Crippen molar-refractivity contribution in [3.8, 4) is 0 Å². The van der Waals surface area contributed by atoms with Gasteiger partial charge in [0.05, 0.1) is 11.7 Å². The van der Waals surface area contributed by atoms with Gasteiger partial charge in [-0.3, -0.25) is 0 Å². The highest BCUT2D eigenvalue weighted by Crippen LogP contribution is 2.17. The zero-order chi connectivity index (χ0) is 17.9. The quantitative estimate of drug-likeness (QED) is 0.156. The second-order valence-electron chi connectivity index (χ2n) is 6.34. The molecule has 2 heteroatoms. The molecule has 0 amide bonds. The molecule has 0 radical (unpaired) electrons. The molecule has 0 aromatic heterocycles. The first-order valence-electron chi connectivity index (χ1n) is 9.81. The van der Waals surface area contributed by atoms with Crippen LogP contribution in [0, 0.1) is 0 Å². The van der Waals surface area contributed by atoms with Crippen molar-refractivity contribution in [3.63, 3.8) is 0 Å². The molecule has 0 aliphatic heterocycles. The Morgan fingerprint density at radius 1 is 0.833 bits per heavy atom. The standard InChI is InChI=1S/C22H38N2/c1-5-9-12-14-16-20-22(19-15-13-10-6-2)24-23-21(17-8-4)18-11-7-3/h7-8,11,17-18,22H,3-6,9-10,12-16,19-20H2,1-2H3/b18-11-,21-17+,24-23-. The van der Waals surface area contributed by atoms with Gasteiger partial charge < -0.3 is 0 Å². The van der Waals surface area contributed by atoms with Gasteiger partial charge in [0.25, 0.3) is 0 Å². The van der Waals surface area contributed by atoms with E-state index in [-0.39, 0.29) is 0 Å². The lowest BCUT2D eigenvalue weighted by molar-refractivity contribution is 0.479. The second-order valence-corrected chi connectivity index (χ2v) is 6.34. The first-order valence-corrected chi connectivity index (χ1v) is 9.81. The van der Waals surface area contributed by atoms with Crippen LogP contribution in [-0.4, -0.2) is 6.04 Å². The summed E-state index contributed by atoms with van der Waals surface area (Å²) in [5.74, 6) is 0. The van der Waals surface area contributed by atoms with E-state index in [2.05, 4.69) is 37.2 Å². The van der Waals surface area contributed by atoms with Gasteiger partial charge in [-0.2, -0.15) is 10.2 Å². The van der Waals surface area contributed by atoms with Gasteiger partial charge in [0.1, 0.15) is 0 Å². The number of hydrogen-bond donors (Lipinski definition) is 0. The van der Waals surface area contributed by atoms with Crippen LogP contribution in [0.3, 0.4) is 0 Å². The molecule has 1 atom stereocenters. The summed E-state index contributed by atoms with van der Waals surface area (Å²) in [6.07, 6.45) is 23.3. The largest absolute Gasteiger partial charge is 0.185 e. The predicted molar refractivity (Wildman–Crippen MR) is 108 cm³/mol. The minimum Gasteiger partial charge on any atom is -0.185 e. The molecule has 0 saturated carbocycles. The Labute approximate surface area is 150 Å². The highest BCUT2D eigenvalue weighted by molar-refractivity contribution is 5.23. The average Bonchev–Trinajstić information content (AvgIpc) is 2.59. The van der Waals surface area contributed by atoms with E-state index in [0.717, 1.165) is 18.5 Å². The molecule has 24 heavy (non-hydrogen) atoms. The molecule has 0 fully saturated rings. The first-order chi connectivity index (χ1) is 11.8. The van der Waals surface area contributed by atoms with Crippen molar-refractivity contribution in [2.24, 2.45) is 10.2 Å². The molecule has 0 rings (SSSR count). The molecule has 0 heterocycles. The van der Waals surface area contributed by atoms with Crippen molar-refractivity contribution < 1.29 is 0 Å². The molecule has 0 aliphatic carbocycles. The molecule has 0 N–H and O–H groups in total. The van der Waals surface area contributed by atoms with Crippen LogP contribution in [0.15, 0.2) is 59.5 Å². The molecule has 136 valence electrons. The van der Waals surface area contributed by atoms with Crippen molar-refractivity contribution in [1.82, 2.24) is 0 Å². The molecule has 0 aromatic rings. The van der Waals surface area contributed by atoms with E-state index in [4.69, 9.17) is 0 Å². The van der Waals surface area contributed by atoms with Crippen LogP contribution in [0.4, 0.5) is 0 Å². The van der Waals surface area contributed by atoms with Crippen molar-refractivity contribution in [2.75, 3.05) is 0 Å². The summed E-state index contributed by atoms with van der Waals surface area (Å²) >= 11 is 0. The third-order valence-corrected chi connectivity index (χ3v) is 4.06. The van der Waals surface area contributed by atoms with E-state index >= 15 is 0 Å². The summed E-state index contributed by atoms with van der Waals surface area (Å²) in [6, 6.07) is 0.355. The van der Waals surface area contributed by atoms with Crippen LogP contribution in [0.25, 0.3) is 0 Å². The minimum atomic E-state index is 0.355. The smallest absolute Gasteiger partial charge is 0.0852 e. The maximum Gasteiger partial charge on any atom is 0.0852 e. The number of rotatable bonds is 16. The Bertz CT molecular complexity index is 391. The van der Waals surface area contributed by atoms with E-state index in [1.807, 2.05) is 18.2 Å². The Hall–Kier alpha value is -1.44. The van der Waals surface area contributed by atoms with Gasteiger partial charge in [-0.25, -0.2) is 0 Å². The van der Waals surface area contributed by atoms with Gasteiger partial charge in [0.2, 0.25) is 0 Å². The SMILES string of the molecule is C=C\C=C/C(=C\C=C)/N=N\C(CCCCCC)CCCCCCC. The topological polar surface area (TPSA) is 24.7 Å². The van der Waals surface area contributed by atoms with Crippen LogP contribution in [0.1, 0.15) is 84.5 Å². The normalized spacial score (nSPS) is 13.7. The molecule has 0 aliphatic rings. The van der Waals surface area contributed by atoms with Gasteiger partial charge in [-0.15, -0.1) is 0 Å². The monoisotopic (exact) mass is 330 g/mol. The van der Waals surface area contributed by atoms with Crippen molar-refractivity contribution in [1.29, 1.82) is 0 Å². The lowest BCUT2D eigenvalue weighted by Gasteiger charge is -2.11. The van der Waals surface area contributed by atoms with Gasteiger partial charge in [-0.05, 0) is 25.0 Å². The maximum absolute atomic E-state index is 4.63. The lowest BCUT2D eigenvalue weighted by Crippen LogP contribution is -2.04. The second kappa shape index (κ2) is 17.9. The average molecular weight is 331 g/mol. The third kappa shape index (κ3) is 14.2. The van der Waals surface area contributed by atoms with E-state index in [1.165, 1.54) is 57.8 Å². The Kier molecular flexibility index (Phi) is 16.8. The van der Waals surface area contributed by atoms with Gasteiger partial charge in [-0.1, -0.05) is 103 Å². The van der Waals surface area contributed by atoms with Crippen molar-refractivity contribution >= 4 is 0 Å². The van der Waals surface area contributed by atoms with E-state index in [0.29, 0.717) is 6.04 Å². The summed E-state index contributed by atoms with van der Waals surface area (Å²) in [5, 5.41) is 9.08. The van der Waals surface area contributed by atoms with Crippen LogP contribution < -0.4 is 0 Å². The number of nitrogens with zero attached hydrogens (tertiary/aromatic N) is 2. The molecule has 0 bridgehead atoms. The molecular formula is C22H38N2. The predicted octanol–water partition coefficient (Wildman–Crippen LogP) is 7.95. The fourth-order valence-corrected chi connectivity index (χ4v) is 2.61.